The summed E-state index contributed by atoms with van der Waals surface area (Å²) in [6.45, 7) is 5.00. The molecular formula is C9H15N3. The molecule has 0 aromatic carbocycles. The number of nitrogen functional groups attached to an aromatic ring is 1. The molecule has 0 amide bonds. The van der Waals surface area contributed by atoms with Gasteiger partial charge in [0, 0.05) is 36.2 Å². The van der Waals surface area contributed by atoms with Crippen molar-refractivity contribution in [2.75, 3.05) is 5.73 Å². The molecule has 0 aliphatic carbocycles. The first-order valence-corrected chi connectivity index (χ1v) is 4.12. The SMILES string of the molecule is CC(C)NCc1cnccc1N. The van der Waals surface area contributed by atoms with Crippen LogP contribution in [0.1, 0.15) is 19.4 Å². The number of rotatable bonds is 3. The second-order valence-electron chi connectivity index (χ2n) is 3.11. The van der Waals surface area contributed by atoms with Crippen LogP contribution in [0.15, 0.2) is 18.5 Å². The van der Waals surface area contributed by atoms with Crippen LogP contribution in [0.3, 0.4) is 0 Å². The second kappa shape index (κ2) is 4.07. The highest BCUT2D eigenvalue weighted by molar-refractivity contribution is 5.44. The summed E-state index contributed by atoms with van der Waals surface area (Å²) in [4.78, 5) is 4.00. The third-order valence-corrected chi connectivity index (χ3v) is 1.64. The van der Waals surface area contributed by atoms with Crippen molar-refractivity contribution in [2.45, 2.75) is 26.4 Å². The van der Waals surface area contributed by atoms with Gasteiger partial charge in [0.25, 0.3) is 0 Å². The van der Waals surface area contributed by atoms with Gasteiger partial charge < -0.3 is 11.1 Å². The van der Waals surface area contributed by atoms with Crippen LogP contribution in [0, 0.1) is 0 Å². The number of nitrogens with zero attached hydrogens (tertiary/aromatic N) is 1. The average molecular weight is 165 g/mol. The van der Waals surface area contributed by atoms with Crippen molar-refractivity contribution < 1.29 is 0 Å². The van der Waals surface area contributed by atoms with E-state index in [1.165, 1.54) is 0 Å². The number of hydrogen-bond acceptors (Lipinski definition) is 3. The van der Waals surface area contributed by atoms with Gasteiger partial charge >= 0.3 is 0 Å². The number of hydrogen-bond donors (Lipinski definition) is 2. The maximum atomic E-state index is 5.73. The average Bonchev–Trinajstić information content (AvgIpc) is 2.03. The topological polar surface area (TPSA) is 50.9 Å². The highest BCUT2D eigenvalue weighted by Gasteiger charge is 1.98. The lowest BCUT2D eigenvalue weighted by atomic mass is 10.2. The van der Waals surface area contributed by atoms with Gasteiger partial charge in [-0.1, -0.05) is 13.8 Å². The Morgan fingerprint density at radius 2 is 2.33 bits per heavy atom. The summed E-state index contributed by atoms with van der Waals surface area (Å²) in [6, 6.07) is 2.29. The predicted octanol–water partition coefficient (Wildman–Crippen LogP) is 1.16. The van der Waals surface area contributed by atoms with Gasteiger partial charge in [-0.2, -0.15) is 0 Å². The van der Waals surface area contributed by atoms with Gasteiger partial charge in [-0.3, -0.25) is 4.98 Å². The fourth-order valence-corrected chi connectivity index (χ4v) is 0.900. The summed E-state index contributed by atoms with van der Waals surface area (Å²) in [5.41, 5.74) is 7.59. The Bertz CT molecular complexity index is 245. The molecule has 0 bridgehead atoms. The molecule has 0 saturated carbocycles. The van der Waals surface area contributed by atoms with Gasteiger partial charge in [0.05, 0.1) is 0 Å². The molecule has 1 aromatic rings. The molecule has 3 heteroatoms. The van der Waals surface area contributed by atoms with Crippen LogP contribution < -0.4 is 11.1 Å². The first-order valence-electron chi connectivity index (χ1n) is 4.12. The molecular weight excluding hydrogens is 150 g/mol. The van der Waals surface area contributed by atoms with Crippen molar-refractivity contribution in [3.8, 4) is 0 Å². The number of nitrogens with one attached hydrogen (secondary N) is 1. The fourth-order valence-electron chi connectivity index (χ4n) is 0.900. The molecule has 0 radical (unpaired) electrons. The van der Waals surface area contributed by atoms with Gasteiger partial charge in [0.2, 0.25) is 0 Å². The highest BCUT2D eigenvalue weighted by Crippen LogP contribution is 2.07. The molecule has 12 heavy (non-hydrogen) atoms. The zero-order chi connectivity index (χ0) is 8.97. The van der Waals surface area contributed by atoms with E-state index in [0.717, 1.165) is 17.8 Å². The molecule has 0 aliphatic rings. The lowest BCUT2D eigenvalue weighted by Gasteiger charge is -2.08. The molecule has 1 aromatic heterocycles. The third kappa shape index (κ3) is 2.51. The maximum Gasteiger partial charge on any atom is 0.0390 e. The normalized spacial score (nSPS) is 10.6. The molecule has 0 fully saturated rings. The summed E-state index contributed by atoms with van der Waals surface area (Å²) in [6.07, 6.45) is 3.50. The van der Waals surface area contributed by atoms with Crippen LogP contribution in [0.5, 0.6) is 0 Å². The number of pyridine rings is 1. The molecule has 0 atom stereocenters. The summed E-state index contributed by atoms with van der Waals surface area (Å²) in [5, 5.41) is 3.28. The van der Waals surface area contributed by atoms with Crippen molar-refractivity contribution in [2.24, 2.45) is 0 Å². The van der Waals surface area contributed by atoms with Crippen LogP contribution in [0.4, 0.5) is 5.69 Å². The first-order chi connectivity index (χ1) is 5.70. The molecule has 1 heterocycles. The molecule has 3 N–H and O–H groups in total. The Balaban J connectivity index is 2.57. The van der Waals surface area contributed by atoms with Crippen molar-refractivity contribution in [3.05, 3.63) is 24.0 Å². The molecule has 66 valence electrons. The van der Waals surface area contributed by atoms with Crippen LogP contribution in [-0.2, 0) is 6.54 Å². The fraction of sp³-hybridized carbons (Fsp3) is 0.444. The van der Waals surface area contributed by atoms with E-state index in [9.17, 15) is 0 Å². The predicted molar refractivity (Wildman–Crippen MR) is 50.6 cm³/mol. The van der Waals surface area contributed by atoms with Crippen LogP contribution >= 0.6 is 0 Å². The number of nitrogens with two attached hydrogens (primary N) is 1. The van der Waals surface area contributed by atoms with Gasteiger partial charge in [-0.15, -0.1) is 0 Å². The molecule has 0 saturated heterocycles. The van der Waals surface area contributed by atoms with Gasteiger partial charge in [-0.05, 0) is 6.07 Å². The molecule has 0 unspecified atom stereocenters. The summed E-state index contributed by atoms with van der Waals surface area (Å²) in [5.74, 6) is 0. The number of aromatic nitrogens is 1. The zero-order valence-electron chi connectivity index (χ0n) is 7.54. The Hall–Kier alpha value is -1.09. The standard InChI is InChI=1S/C9H15N3/c1-7(2)12-6-8-5-11-4-3-9(8)10/h3-5,7,12H,6H2,1-2H3,(H2,10,11). The van der Waals surface area contributed by atoms with E-state index in [2.05, 4.69) is 24.1 Å². The minimum atomic E-state index is 0.476. The lowest BCUT2D eigenvalue weighted by molar-refractivity contribution is 0.589. The lowest BCUT2D eigenvalue weighted by Crippen LogP contribution is -2.22. The minimum absolute atomic E-state index is 0.476. The summed E-state index contributed by atoms with van der Waals surface area (Å²) in [7, 11) is 0. The smallest absolute Gasteiger partial charge is 0.0390 e. The van der Waals surface area contributed by atoms with E-state index in [1.807, 2.05) is 6.07 Å². The van der Waals surface area contributed by atoms with E-state index < -0.39 is 0 Å². The van der Waals surface area contributed by atoms with E-state index in [0.29, 0.717) is 6.04 Å². The van der Waals surface area contributed by atoms with E-state index in [4.69, 9.17) is 5.73 Å². The molecule has 1 rings (SSSR count). The Morgan fingerprint density at radius 3 is 2.92 bits per heavy atom. The highest BCUT2D eigenvalue weighted by atomic mass is 14.9. The Morgan fingerprint density at radius 1 is 1.58 bits per heavy atom. The summed E-state index contributed by atoms with van der Waals surface area (Å²) < 4.78 is 0. The quantitative estimate of drug-likeness (QED) is 0.706. The Labute approximate surface area is 73.0 Å². The number of anilines is 1. The van der Waals surface area contributed by atoms with Crippen molar-refractivity contribution >= 4 is 5.69 Å². The van der Waals surface area contributed by atoms with Gasteiger partial charge in [-0.25, -0.2) is 0 Å². The van der Waals surface area contributed by atoms with E-state index in [-0.39, 0.29) is 0 Å². The third-order valence-electron chi connectivity index (χ3n) is 1.64. The first kappa shape index (κ1) is 9.00. The second-order valence-corrected chi connectivity index (χ2v) is 3.11. The van der Waals surface area contributed by atoms with Gasteiger partial charge in [0.1, 0.15) is 0 Å². The van der Waals surface area contributed by atoms with Crippen LogP contribution in [0.2, 0.25) is 0 Å². The largest absolute Gasteiger partial charge is 0.398 e. The van der Waals surface area contributed by atoms with Crippen LogP contribution in [-0.4, -0.2) is 11.0 Å². The van der Waals surface area contributed by atoms with E-state index in [1.54, 1.807) is 12.4 Å². The van der Waals surface area contributed by atoms with E-state index >= 15 is 0 Å². The minimum Gasteiger partial charge on any atom is -0.398 e. The molecule has 0 spiro atoms. The molecule has 0 aliphatic heterocycles. The van der Waals surface area contributed by atoms with Gasteiger partial charge in [0.15, 0.2) is 0 Å². The van der Waals surface area contributed by atoms with Crippen molar-refractivity contribution in [3.63, 3.8) is 0 Å². The monoisotopic (exact) mass is 165 g/mol. The Kier molecular flexibility index (Phi) is 3.05. The molecule has 3 nitrogen and oxygen atoms in total. The van der Waals surface area contributed by atoms with Crippen molar-refractivity contribution in [1.82, 2.24) is 10.3 Å². The van der Waals surface area contributed by atoms with Crippen LogP contribution in [0.25, 0.3) is 0 Å². The summed E-state index contributed by atoms with van der Waals surface area (Å²) >= 11 is 0. The zero-order valence-corrected chi connectivity index (χ0v) is 7.54. The maximum absolute atomic E-state index is 5.73. The van der Waals surface area contributed by atoms with Crippen molar-refractivity contribution in [1.29, 1.82) is 0 Å².